The largest absolute Gasteiger partial charge is 0.495 e. The molecule has 1 fully saturated rings. The molecule has 0 radical (unpaired) electrons. The molecular formula is C23H27ClN6O3. The molecule has 174 valence electrons. The quantitative estimate of drug-likeness (QED) is 0.565. The number of aromatic nitrogens is 4. The van der Waals surface area contributed by atoms with Crippen LogP contribution in [0.2, 0.25) is 5.02 Å². The van der Waals surface area contributed by atoms with Gasteiger partial charge in [-0.05, 0) is 44.0 Å². The number of hydrogen-bond acceptors (Lipinski definition) is 7. The Morgan fingerprint density at radius 2 is 1.94 bits per heavy atom. The molecule has 10 heteroatoms. The molecule has 1 N–H and O–H groups in total. The van der Waals surface area contributed by atoms with Crippen LogP contribution in [-0.4, -0.2) is 59.1 Å². The number of aryl methyl sites for hydroxylation is 1. The van der Waals surface area contributed by atoms with Gasteiger partial charge in [0, 0.05) is 37.0 Å². The lowest BCUT2D eigenvalue weighted by Gasteiger charge is -2.27. The molecule has 2 aromatic heterocycles. The van der Waals surface area contributed by atoms with Gasteiger partial charge in [0.25, 0.3) is 0 Å². The predicted octanol–water partition coefficient (Wildman–Crippen LogP) is 3.35. The van der Waals surface area contributed by atoms with Crippen molar-refractivity contribution in [1.29, 1.82) is 0 Å². The highest BCUT2D eigenvalue weighted by atomic mass is 35.5. The predicted molar refractivity (Wildman–Crippen MR) is 127 cm³/mol. The lowest BCUT2D eigenvalue weighted by atomic mass is 10.1. The zero-order valence-corrected chi connectivity index (χ0v) is 19.7. The lowest BCUT2D eigenvalue weighted by molar-refractivity contribution is -0.116. The molecule has 3 heterocycles. The van der Waals surface area contributed by atoms with Crippen molar-refractivity contribution >= 4 is 29.0 Å². The van der Waals surface area contributed by atoms with Gasteiger partial charge in [-0.15, -0.1) is 0 Å². The number of halogens is 1. The van der Waals surface area contributed by atoms with Gasteiger partial charge in [0.05, 0.1) is 31.0 Å². The van der Waals surface area contributed by atoms with Crippen molar-refractivity contribution < 1.29 is 14.3 Å². The SMILES string of the molecule is COc1ccc(NC(=O)CCc2c(C)nn(-c3cc(N4CCOCC4)ncn3)c2C)cc1Cl. The fraction of sp³-hybridized carbons (Fsp3) is 0.391. The number of benzene rings is 1. The molecule has 1 amide bonds. The third kappa shape index (κ3) is 5.26. The second-order valence-corrected chi connectivity index (χ2v) is 8.20. The van der Waals surface area contributed by atoms with Gasteiger partial charge < -0.3 is 19.7 Å². The summed E-state index contributed by atoms with van der Waals surface area (Å²) >= 11 is 6.14. The van der Waals surface area contributed by atoms with Gasteiger partial charge in [-0.2, -0.15) is 5.10 Å². The van der Waals surface area contributed by atoms with Crippen molar-refractivity contribution in [1.82, 2.24) is 19.7 Å². The average molecular weight is 471 g/mol. The summed E-state index contributed by atoms with van der Waals surface area (Å²) in [6, 6.07) is 7.10. The van der Waals surface area contributed by atoms with Crippen LogP contribution in [0.15, 0.2) is 30.6 Å². The summed E-state index contributed by atoms with van der Waals surface area (Å²) in [6.45, 7) is 6.92. The van der Waals surface area contributed by atoms with Gasteiger partial charge >= 0.3 is 0 Å². The third-order valence-electron chi connectivity index (χ3n) is 5.67. The summed E-state index contributed by atoms with van der Waals surface area (Å²) in [4.78, 5) is 23.5. The number of carbonyl (C=O) groups is 1. The van der Waals surface area contributed by atoms with E-state index in [1.165, 1.54) is 0 Å². The normalized spacial score (nSPS) is 13.8. The summed E-state index contributed by atoms with van der Waals surface area (Å²) in [5.74, 6) is 2.03. The van der Waals surface area contributed by atoms with E-state index < -0.39 is 0 Å². The van der Waals surface area contributed by atoms with E-state index >= 15 is 0 Å². The molecule has 1 saturated heterocycles. The number of anilines is 2. The van der Waals surface area contributed by atoms with E-state index in [2.05, 4.69) is 25.3 Å². The van der Waals surface area contributed by atoms with Crippen LogP contribution in [-0.2, 0) is 16.0 Å². The monoisotopic (exact) mass is 470 g/mol. The number of rotatable bonds is 7. The number of amides is 1. The van der Waals surface area contributed by atoms with Crippen molar-refractivity contribution in [2.45, 2.75) is 26.7 Å². The van der Waals surface area contributed by atoms with Crippen LogP contribution in [0.1, 0.15) is 23.4 Å². The zero-order valence-electron chi connectivity index (χ0n) is 19.0. The van der Waals surface area contributed by atoms with Crippen LogP contribution in [0.5, 0.6) is 5.75 Å². The molecule has 3 aromatic rings. The van der Waals surface area contributed by atoms with Crippen molar-refractivity contribution in [3.05, 3.63) is 52.6 Å². The Balaban J connectivity index is 1.44. The first-order valence-corrected chi connectivity index (χ1v) is 11.2. The fourth-order valence-electron chi connectivity index (χ4n) is 3.88. The molecule has 0 saturated carbocycles. The molecule has 1 aliphatic heterocycles. The molecule has 33 heavy (non-hydrogen) atoms. The smallest absolute Gasteiger partial charge is 0.224 e. The van der Waals surface area contributed by atoms with E-state index in [0.29, 0.717) is 48.3 Å². The van der Waals surface area contributed by atoms with Gasteiger partial charge in [-0.1, -0.05) is 11.6 Å². The van der Waals surface area contributed by atoms with E-state index in [-0.39, 0.29) is 5.91 Å². The lowest BCUT2D eigenvalue weighted by Crippen LogP contribution is -2.36. The molecule has 0 atom stereocenters. The van der Waals surface area contributed by atoms with Gasteiger partial charge in [-0.3, -0.25) is 4.79 Å². The third-order valence-corrected chi connectivity index (χ3v) is 5.96. The van der Waals surface area contributed by atoms with Crippen LogP contribution in [0, 0.1) is 13.8 Å². The molecule has 0 spiro atoms. The van der Waals surface area contributed by atoms with Crippen LogP contribution in [0.25, 0.3) is 5.82 Å². The highest BCUT2D eigenvalue weighted by Gasteiger charge is 2.18. The Morgan fingerprint density at radius 3 is 2.67 bits per heavy atom. The maximum Gasteiger partial charge on any atom is 0.224 e. The second kappa shape index (κ2) is 10.2. The highest BCUT2D eigenvalue weighted by molar-refractivity contribution is 6.32. The van der Waals surface area contributed by atoms with Crippen molar-refractivity contribution in [3.8, 4) is 11.6 Å². The molecule has 0 bridgehead atoms. The molecule has 4 rings (SSSR count). The molecular weight excluding hydrogens is 444 g/mol. The van der Waals surface area contributed by atoms with Gasteiger partial charge in [0.2, 0.25) is 5.91 Å². The topological polar surface area (TPSA) is 94.4 Å². The van der Waals surface area contributed by atoms with Crippen LogP contribution < -0.4 is 15.0 Å². The summed E-state index contributed by atoms with van der Waals surface area (Å²) in [5.41, 5.74) is 3.50. The number of methoxy groups -OCH3 is 1. The van der Waals surface area contributed by atoms with Gasteiger partial charge in [0.1, 0.15) is 17.9 Å². The Labute approximate surface area is 197 Å². The number of nitrogens with one attached hydrogen (secondary N) is 1. The Kier molecular flexibility index (Phi) is 7.10. The molecule has 1 aliphatic rings. The first-order valence-electron chi connectivity index (χ1n) is 10.8. The van der Waals surface area contributed by atoms with Crippen molar-refractivity contribution in [2.24, 2.45) is 0 Å². The van der Waals surface area contributed by atoms with Crippen LogP contribution in [0.4, 0.5) is 11.5 Å². The van der Waals surface area contributed by atoms with Crippen molar-refractivity contribution in [3.63, 3.8) is 0 Å². The molecule has 9 nitrogen and oxygen atoms in total. The molecule has 0 unspecified atom stereocenters. The van der Waals surface area contributed by atoms with E-state index in [0.717, 1.165) is 35.9 Å². The Hall–Kier alpha value is -3.17. The molecule has 0 aliphatic carbocycles. The summed E-state index contributed by atoms with van der Waals surface area (Å²) in [6.07, 6.45) is 2.44. The number of carbonyl (C=O) groups excluding carboxylic acids is 1. The van der Waals surface area contributed by atoms with Gasteiger partial charge in [-0.25, -0.2) is 14.6 Å². The zero-order chi connectivity index (χ0) is 23.4. The van der Waals surface area contributed by atoms with Crippen LogP contribution >= 0.6 is 11.6 Å². The minimum atomic E-state index is -0.0978. The summed E-state index contributed by atoms with van der Waals surface area (Å²) in [5, 5.41) is 8.01. The van der Waals surface area contributed by atoms with Gasteiger partial charge in [0.15, 0.2) is 5.82 Å². The first kappa shape index (κ1) is 23.0. The minimum absolute atomic E-state index is 0.0978. The fourth-order valence-corrected chi connectivity index (χ4v) is 4.14. The summed E-state index contributed by atoms with van der Waals surface area (Å²) < 4.78 is 12.4. The number of nitrogens with zero attached hydrogens (tertiary/aromatic N) is 5. The van der Waals surface area contributed by atoms with Crippen molar-refractivity contribution in [2.75, 3.05) is 43.6 Å². The number of morpholine rings is 1. The standard InChI is InChI=1S/C23H27ClN6O3/c1-15-18(5-7-23(31)27-17-4-6-20(32-3)19(24)12-17)16(2)30(28-15)22-13-21(25-14-26-22)29-8-10-33-11-9-29/h4,6,12-14H,5,7-11H2,1-3H3,(H,27,31). The maximum absolute atomic E-state index is 12.5. The van der Waals surface area contributed by atoms with E-state index in [1.807, 2.05) is 24.6 Å². The van der Waals surface area contributed by atoms with Crippen LogP contribution in [0.3, 0.4) is 0 Å². The average Bonchev–Trinajstić information content (AvgIpc) is 3.11. The molecule has 1 aromatic carbocycles. The first-order chi connectivity index (χ1) is 16.0. The number of hydrogen-bond donors (Lipinski definition) is 1. The Bertz CT molecular complexity index is 1140. The van der Waals surface area contributed by atoms with E-state index in [9.17, 15) is 4.79 Å². The second-order valence-electron chi connectivity index (χ2n) is 7.79. The van der Waals surface area contributed by atoms with E-state index in [1.54, 1.807) is 31.6 Å². The highest BCUT2D eigenvalue weighted by Crippen LogP contribution is 2.27. The van der Waals surface area contributed by atoms with E-state index in [4.69, 9.17) is 21.1 Å². The minimum Gasteiger partial charge on any atom is -0.495 e. The summed E-state index contributed by atoms with van der Waals surface area (Å²) in [7, 11) is 1.55. The number of ether oxygens (including phenoxy) is 2. The Morgan fingerprint density at radius 1 is 1.18 bits per heavy atom. The maximum atomic E-state index is 12.5.